The number of hydrogen-bond acceptors (Lipinski definition) is 2. The van der Waals surface area contributed by atoms with Crippen LogP contribution in [0.3, 0.4) is 0 Å². The fraction of sp³-hybridized carbons (Fsp3) is 0.200. The molecule has 0 bridgehead atoms. The quantitative estimate of drug-likeness (QED) is 0.684. The highest BCUT2D eigenvalue weighted by Crippen LogP contribution is 2.15. The molecule has 2 aromatic rings. The van der Waals surface area contributed by atoms with Crippen molar-refractivity contribution in [2.24, 2.45) is 7.05 Å². The molecule has 0 spiro atoms. The molecular weight excluding hydrogens is 180 g/mol. The Balaban J connectivity index is 2.98. The van der Waals surface area contributed by atoms with Crippen molar-refractivity contribution in [3.63, 3.8) is 0 Å². The van der Waals surface area contributed by atoms with Crippen LogP contribution in [0.5, 0.6) is 0 Å². The van der Waals surface area contributed by atoms with Crippen LogP contribution in [0.2, 0.25) is 0 Å². The standard InChI is InChI=1S/C10H10N2O2/c1-6(13)7-4-3-5-8-9(7)12(2)10(14)11-8/h3-5H,1-2H3,(H,11,14). The van der Waals surface area contributed by atoms with Crippen molar-refractivity contribution in [2.75, 3.05) is 0 Å². The van der Waals surface area contributed by atoms with E-state index in [4.69, 9.17) is 0 Å². The van der Waals surface area contributed by atoms with Gasteiger partial charge in [0.25, 0.3) is 0 Å². The van der Waals surface area contributed by atoms with E-state index < -0.39 is 0 Å². The lowest BCUT2D eigenvalue weighted by Crippen LogP contribution is -2.12. The topological polar surface area (TPSA) is 54.9 Å². The molecule has 72 valence electrons. The number of aromatic amines is 1. The predicted molar refractivity (Wildman–Crippen MR) is 53.5 cm³/mol. The highest BCUT2D eigenvalue weighted by molar-refractivity contribution is 6.04. The molecule has 4 heteroatoms. The summed E-state index contributed by atoms with van der Waals surface area (Å²) in [5, 5.41) is 0. The maximum Gasteiger partial charge on any atom is 0.326 e. The van der Waals surface area contributed by atoms with Crippen molar-refractivity contribution in [2.45, 2.75) is 6.92 Å². The van der Waals surface area contributed by atoms with E-state index in [0.717, 1.165) is 0 Å². The summed E-state index contributed by atoms with van der Waals surface area (Å²) in [7, 11) is 1.65. The van der Waals surface area contributed by atoms with E-state index in [0.29, 0.717) is 16.6 Å². The van der Waals surface area contributed by atoms with Crippen LogP contribution in [0, 0.1) is 0 Å². The second-order valence-electron chi connectivity index (χ2n) is 3.25. The summed E-state index contributed by atoms with van der Waals surface area (Å²) in [6.45, 7) is 1.49. The zero-order chi connectivity index (χ0) is 10.3. The van der Waals surface area contributed by atoms with E-state index in [1.165, 1.54) is 11.5 Å². The molecule has 1 aromatic heterocycles. The van der Waals surface area contributed by atoms with Crippen LogP contribution in [0.1, 0.15) is 17.3 Å². The normalized spacial score (nSPS) is 10.7. The Morgan fingerprint density at radius 2 is 2.14 bits per heavy atom. The maximum atomic E-state index is 11.3. The Morgan fingerprint density at radius 3 is 2.79 bits per heavy atom. The molecule has 1 aromatic carbocycles. The molecular formula is C10H10N2O2. The van der Waals surface area contributed by atoms with Crippen LogP contribution in [0.25, 0.3) is 11.0 Å². The average Bonchev–Trinajstić information content (AvgIpc) is 2.43. The van der Waals surface area contributed by atoms with Crippen LogP contribution in [-0.4, -0.2) is 15.3 Å². The summed E-state index contributed by atoms with van der Waals surface area (Å²) in [5.41, 5.74) is 1.74. The van der Waals surface area contributed by atoms with Gasteiger partial charge >= 0.3 is 5.69 Å². The van der Waals surface area contributed by atoms with Crippen LogP contribution in [0.15, 0.2) is 23.0 Å². The number of hydrogen-bond donors (Lipinski definition) is 1. The van der Waals surface area contributed by atoms with E-state index in [1.54, 1.807) is 25.2 Å². The van der Waals surface area contributed by atoms with Gasteiger partial charge in [0.2, 0.25) is 0 Å². The molecule has 0 aliphatic heterocycles. The number of H-pyrrole nitrogens is 1. The van der Waals surface area contributed by atoms with Crippen LogP contribution in [0.4, 0.5) is 0 Å². The molecule has 0 amide bonds. The third kappa shape index (κ3) is 1.08. The molecule has 0 radical (unpaired) electrons. The molecule has 0 aliphatic carbocycles. The molecule has 0 saturated heterocycles. The van der Waals surface area contributed by atoms with E-state index in [1.807, 2.05) is 0 Å². The van der Waals surface area contributed by atoms with Gasteiger partial charge in [-0.2, -0.15) is 0 Å². The molecule has 0 fully saturated rings. The fourth-order valence-electron chi connectivity index (χ4n) is 1.59. The molecule has 2 rings (SSSR count). The molecule has 1 heterocycles. The van der Waals surface area contributed by atoms with Gasteiger partial charge in [0, 0.05) is 12.6 Å². The molecule has 14 heavy (non-hydrogen) atoms. The van der Waals surface area contributed by atoms with Crippen molar-refractivity contribution in [3.05, 3.63) is 34.2 Å². The Labute approximate surface area is 80.2 Å². The Kier molecular flexibility index (Phi) is 1.77. The number of nitrogens with one attached hydrogen (secondary N) is 1. The lowest BCUT2D eigenvalue weighted by molar-refractivity contribution is 0.101. The number of aromatic nitrogens is 2. The van der Waals surface area contributed by atoms with Gasteiger partial charge in [-0.3, -0.25) is 9.36 Å². The first kappa shape index (κ1) is 8.74. The van der Waals surface area contributed by atoms with Gasteiger partial charge in [0.1, 0.15) is 0 Å². The molecule has 0 aliphatic rings. The average molecular weight is 190 g/mol. The van der Waals surface area contributed by atoms with Gasteiger partial charge in [0.05, 0.1) is 11.0 Å². The minimum atomic E-state index is -0.200. The van der Waals surface area contributed by atoms with Crippen molar-refractivity contribution in [1.29, 1.82) is 0 Å². The van der Waals surface area contributed by atoms with Gasteiger partial charge in [-0.25, -0.2) is 4.79 Å². The van der Waals surface area contributed by atoms with Gasteiger partial charge in [-0.1, -0.05) is 6.07 Å². The van der Waals surface area contributed by atoms with E-state index in [9.17, 15) is 9.59 Å². The smallest absolute Gasteiger partial charge is 0.306 e. The van der Waals surface area contributed by atoms with Gasteiger partial charge in [0.15, 0.2) is 5.78 Å². The van der Waals surface area contributed by atoms with Crippen molar-refractivity contribution >= 4 is 16.8 Å². The van der Waals surface area contributed by atoms with Crippen LogP contribution < -0.4 is 5.69 Å². The Bertz CT molecular complexity index is 563. The second kappa shape index (κ2) is 2.83. The van der Waals surface area contributed by atoms with Crippen molar-refractivity contribution < 1.29 is 4.79 Å². The number of carbonyl (C=O) groups excluding carboxylic acids is 1. The highest BCUT2D eigenvalue weighted by Gasteiger charge is 2.10. The minimum absolute atomic E-state index is 0.0369. The minimum Gasteiger partial charge on any atom is -0.306 e. The number of ketones is 1. The lowest BCUT2D eigenvalue weighted by atomic mass is 10.1. The van der Waals surface area contributed by atoms with Crippen LogP contribution in [-0.2, 0) is 7.05 Å². The number of carbonyl (C=O) groups is 1. The van der Waals surface area contributed by atoms with Crippen molar-refractivity contribution in [3.8, 4) is 0 Å². The maximum absolute atomic E-state index is 11.3. The Morgan fingerprint density at radius 1 is 1.43 bits per heavy atom. The summed E-state index contributed by atoms with van der Waals surface area (Å²) in [6.07, 6.45) is 0. The number of nitrogens with zero attached hydrogens (tertiary/aromatic N) is 1. The number of fused-ring (bicyclic) bond motifs is 1. The number of para-hydroxylation sites is 1. The van der Waals surface area contributed by atoms with Gasteiger partial charge in [-0.05, 0) is 19.1 Å². The molecule has 0 unspecified atom stereocenters. The van der Waals surface area contributed by atoms with Crippen molar-refractivity contribution in [1.82, 2.24) is 9.55 Å². The number of Topliss-reactive ketones (excluding diaryl/α,β-unsaturated/α-hetero) is 1. The lowest BCUT2D eigenvalue weighted by Gasteiger charge is -1.99. The molecule has 0 atom stereocenters. The summed E-state index contributed by atoms with van der Waals surface area (Å²) in [5.74, 6) is -0.0369. The third-order valence-corrected chi connectivity index (χ3v) is 2.30. The third-order valence-electron chi connectivity index (χ3n) is 2.30. The first-order valence-corrected chi connectivity index (χ1v) is 4.30. The summed E-state index contributed by atoms with van der Waals surface area (Å²) >= 11 is 0. The Hall–Kier alpha value is -1.84. The van der Waals surface area contributed by atoms with E-state index in [-0.39, 0.29) is 11.5 Å². The summed E-state index contributed by atoms with van der Waals surface area (Å²) in [4.78, 5) is 25.3. The summed E-state index contributed by atoms with van der Waals surface area (Å²) in [6, 6.07) is 5.26. The number of imidazole rings is 1. The highest BCUT2D eigenvalue weighted by atomic mass is 16.1. The van der Waals surface area contributed by atoms with Gasteiger partial charge in [-0.15, -0.1) is 0 Å². The number of benzene rings is 1. The summed E-state index contributed by atoms with van der Waals surface area (Å²) < 4.78 is 1.45. The first-order valence-electron chi connectivity index (χ1n) is 4.30. The zero-order valence-corrected chi connectivity index (χ0v) is 8.00. The fourth-order valence-corrected chi connectivity index (χ4v) is 1.59. The second-order valence-corrected chi connectivity index (χ2v) is 3.25. The zero-order valence-electron chi connectivity index (χ0n) is 8.00. The predicted octanol–water partition coefficient (Wildman–Crippen LogP) is 1.07. The number of aryl methyl sites for hydroxylation is 1. The molecule has 4 nitrogen and oxygen atoms in total. The monoisotopic (exact) mass is 190 g/mol. The number of rotatable bonds is 1. The van der Waals surface area contributed by atoms with Gasteiger partial charge < -0.3 is 4.98 Å². The molecule has 0 saturated carbocycles. The van der Waals surface area contributed by atoms with E-state index in [2.05, 4.69) is 4.98 Å². The van der Waals surface area contributed by atoms with E-state index >= 15 is 0 Å². The SMILES string of the molecule is CC(=O)c1cccc2[nH]c(=O)n(C)c12. The van der Waals surface area contributed by atoms with Crippen LogP contribution >= 0.6 is 0 Å². The first-order chi connectivity index (χ1) is 6.61. The largest absolute Gasteiger partial charge is 0.326 e. The molecule has 1 N–H and O–H groups in total.